The molecule has 0 bridgehead atoms. The summed E-state index contributed by atoms with van der Waals surface area (Å²) in [6.45, 7) is 0.538. The van der Waals surface area contributed by atoms with Crippen LogP contribution in [0, 0.1) is 0 Å². The summed E-state index contributed by atoms with van der Waals surface area (Å²) in [4.78, 5) is 5.64. The quantitative estimate of drug-likeness (QED) is 0.777. The van der Waals surface area contributed by atoms with Crippen LogP contribution in [0.25, 0.3) is 10.7 Å². The number of aromatic nitrogens is 2. The fourth-order valence-corrected chi connectivity index (χ4v) is 3.25. The highest BCUT2D eigenvalue weighted by molar-refractivity contribution is 9.10. The summed E-state index contributed by atoms with van der Waals surface area (Å²) in [5.74, 6) is 0.971. The Bertz CT molecular complexity index is 673. The van der Waals surface area contributed by atoms with Crippen LogP contribution in [0.1, 0.15) is 11.6 Å². The van der Waals surface area contributed by atoms with Gasteiger partial charge in [-0.15, -0.1) is 11.3 Å². The molecule has 3 rings (SSSR count). The lowest BCUT2D eigenvalue weighted by molar-refractivity contribution is 0.601. The number of nitrogens with zero attached hydrogens (tertiary/aromatic N) is 2. The Morgan fingerprint density at radius 1 is 1.25 bits per heavy atom. The molecule has 0 saturated carbocycles. The molecule has 1 atom stereocenters. The molecule has 3 aromatic rings. The Balaban J connectivity index is 2.02. The first kappa shape index (κ1) is 13.5. The smallest absolute Gasteiger partial charge is 0.150 e. The molecule has 0 fully saturated rings. The molecular formula is C15H14BrN3S. The Morgan fingerprint density at radius 3 is 2.70 bits per heavy atom. The molecule has 0 aliphatic carbocycles. The van der Waals surface area contributed by atoms with Gasteiger partial charge in [0.1, 0.15) is 0 Å². The van der Waals surface area contributed by atoms with E-state index in [1.807, 2.05) is 30.6 Å². The van der Waals surface area contributed by atoms with Crippen LogP contribution in [0.15, 0.2) is 58.6 Å². The Kier molecular flexibility index (Phi) is 4.00. The first-order chi connectivity index (χ1) is 9.79. The molecule has 0 saturated heterocycles. The van der Waals surface area contributed by atoms with Crippen molar-refractivity contribution in [2.24, 2.45) is 5.73 Å². The average molecular weight is 348 g/mol. The molecule has 20 heavy (non-hydrogen) atoms. The average Bonchev–Trinajstić information content (AvgIpc) is 3.12. The van der Waals surface area contributed by atoms with E-state index in [1.165, 1.54) is 5.56 Å². The van der Waals surface area contributed by atoms with Crippen molar-refractivity contribution in [3.05, 3.63) is 64.2 Å². The summed E-state index contributed by atoms with van der Waals surface area (Å²) in [6, 6.07) is 12.5. The zero-order valence-electron chi connectivity index (χ0n) is 10.7. The van der Waals surface area contributed by atoms with Gasteiger partial charge in [-0.1, -0.05) is 34.1 Å². The Hall–Kier alpha value is -1.43. The van der Waals surface area contributed by atoms with Gasteiger partial charge in [-0.05, 0) is 29.1 Å². The van der Waals surface area contributed by atoms with E-state index < -0.39 is 0 Å². The zero-order valence-corrected chi connectivity index (χ0v) is 13.1. The molecule has 0 aliphatic rings. The predicted octanol–water partition coefficient (Wildman–Crippen LogP) is 3.92. The van der Waals surface area contributed by atoms with Crippen LogP contribution >= 0.6 is 27.3 Å². The zero-order chi connectivity index (χ0) is 13.9. The van der Waals surface area contributed by atoms with Crippen LogP contribution in [0.2, 0.25) is 0 Å². The summed E-state index contributed by atoms with van der Waals surface area (Å²) in [7, 11) is 0. The SMILES string of the molecule is NCC(c1ccc(Br)cc1)n1ccnc1-c1cccs1. The van der Waals surface area contributed by atoms with Crippen LogP contribution < -0.4 is 5.73 Å². The molecule has 0 spiro atoms. The van der Waals surface area contributed by atoms with Crippen LogP contribution in [0.4, 0.5) is 0 Å². The molecule has 1 aromatic carbocycles. The topological polar surface area (TPSA) is 43.8 Å². The summed E-state index contributed by atoms with van der Waals surface area (Å²) in [5.41, 5.74) is 7.19. The summed E-state index contributed by atoms with van der Waals surface area (Å²) in [5, 5.41) is 2.06. The van der Waals surface area contributed by atoms with Crippen LogP contribution in [0.5, 0.6) is 0 Å². The first-order valence-electron chi connectivity index (χ1n) is 6.32. The number of imidazole rings is 1. The van der Waals surface area contributed by atoms with Gasteiger partial charge < -0.3 is 10.3 Å². The minimum Gasteiger partial charge on any atom is -0.328 e. The van der Waals surface area contributed by atoms with Crippen molar-refractivity contribution in [1.29, 1.82) is 0 Å². The molecule has 102 valence electrons. The number of benzene rings is 1. The van der Waals surface area contributed by atoms with E-state index in [2.05, 4.69) is 49.1 Å². The molecule has 5 heteroatoms. The van der Waals surface area contributed by atoms with E-state index in [4.69, 9.17) is 5.73 Å². The van der Waals surface area contributed by atoms with E-state index >= 15 is 0 Å². The minimum atomic E-state index is 0.0997. The third-order valence-electron chi connectivity index (χ3n) is 3.22. The molecule has 1 unspecified atom stereocenters. The van der Waals surface area contributed by atoms with E-state index in [9.17, 15) is 0 Å². The number of nitrogens with two attached hydrogens (primary N) is 1. The molecule has 2 aromatic heterocycles. The van der Waals surface area contributed by atoms with Gasteiger partial charge in [-0.2, -0.15) is 0 Å². The maximum Gasteiger partial charge on any atom is 0.150 e. The second kappa shape index (κ2) is 5.91. The largest absolute Gasteiger partial charge is 0.328 e. The monoisotopic (exact) mass is 347 g/mol. The van der Waals surface area contributed by atoms with Crippen molar-refractivity contribution < 1.29 is 0 Å². The Labute approximate surface area is 130 Å². The minimum absolute atomic E-state index is 0.0997. The Morgan fingerprint density at radius 2 is 2.05 bits per heavy atom. The van der Waals surface area contributed by atoms with Gasteiger partial charge in [-0.25, -0.2) is 4.98 Å². The highest BCUT2D eigenvalue weighted by Crippen LogP contribution is 2.28. The van der Waals surface area contributed by atoms with Crippen LogP contribution in [-0.2, 0) is 0 Å². The summed E-state index contributed by atoms with van der Waals surface area (Å²) >= 11 is 5.15. The van der Waals surface area contributed by atoms with Gasteiger partial charge in [0, 0.05) is 23.4 Å². The maximum absolute atomic E-state index is 6.00. The molecular weight excluding hydrogens is 334 g/mol. The summed E-state index contributed by atoms with van der Waals surface area (Å²) in [6.07, 6.45) is 3.82. The first-order valence-corrected chi connectivity index (χ1v) is 7.99. The van der Waals surface area contributed by atoms with Gasteiger partial charge in [0.25, 0.3) is 0 Å². The summed E-state index contributed by atoms with van der Waals surface area (Å²) < 4.78 is 3.22. The van der Waals surface area contributed by atoms with Gasteiger partial charge in [-0.3, -0.25) is 0 Å². The molecule has 0 radical (unpaired) electrons. The van der Waals surface area contributed by atoms with Gasteiger partial charge >= 0.3 is 0 Å². The number of rotatable bonds is 4. The predicted molar refractivity (Wildman–Crippen MR) is 86.9 cm³/mol. The molecule has 0 amide bonds. The van der Waals surface area contributed by atoms with E-state index in [1.54, 1.807) is 11.3 Å². The number of halogens is 1. The van der Waals surface area contributed by atoms with Crippen molar-refractivity contribution in [1.82, 2.24) is 9.55 Å². The van der Waals surface area contributed by atoms with Gasteiger partial charge in [0.15, 0.2) is 5.82 Å². The molecule has 0 aliphatic heterocycles. The van der Waals surface area contributed by atoms with Crippen molar-refractivity contribution in [3.63, 3.8) is 0 Å². The number of hydrogen-bond donors (Lipinski definition) is 1. The normalized spacial score (nSPS) is 12.5. The lowest BCUT2D eigenvalue weighted by atomic mass is 10.1. The van der Waals surface area contributed by atoms with Gasteiger partial charge in [0.05, 0.1) is 10.9 Å². The maximum atomic E-state index is 6.00. The number of hydrogen-bond acceptors (Lipinski definition) is 3. The van der Waals surface area contributed by atoms with Crippen LogP contribution in [0.3, 0.4) is 0 Å². The molecule has 3 nitrogen and oxygen atoms in total. The van der Waals surface area contributed by atoms with E-state index in [0.717, 1.165) is 15.2 Å². The highest BCUT2D eigenvalue weighted by atomic mass is 79.9. The van der Waals surface area contributed by atoms with Gasteiger partial charge in [0.2, 0.25) is 0 Å². The molecule has 2 heterocycles. The lowest BCUT2D eigenvalue weighted by Crippen LogP contribution is -2.20. The fraction of sp³-hybridized carbons (Fsp3) is 0.133. The second-order valence-electron chi connectivity index (χ2n) is 4.44. The van der Waals surface area contributed by atoms with Crippen LogP contribution in [-0.4, -0.2) is 16.1 Å². The highest BCUT2D eigenvalue weighted by Gasteiger charge is 2.16. The molecule has 2 N–H and O–H groups in total. The standard InChI is InChI=1S/C15H14BrN3S/c16-12-5-3-11(4-6-12)13(10-17)19-8-7-18-15(19)14-2-1-9-20-14/h1-9,13H,10,17H2. The van der Waals surface area contributed by atoms with E-state index in [0.29, 0.717) is 6.54 Å². The lowest BCUT2D eigenvalue weighted by Gasteiger charge is -2.19. The fourth-order valence-electron chi connectivity index (χ4n) is 2.26. The number of thiophene rings is 1. The van der Waals surface area contributed by atoms with Crippen molar-refractivity contribution in [2.45, 2.75) is 6.04 Å². The third kappa shape index (κ3) is 2.57. The van der Waals surface area contributed by atoms with Crippen molar-refractivity contribution in [3.8, 4) is 10.7 Å². The van der Waals surface area contributed by atoms with Crippen molar-refractivity contribution >= 4 is 27.3 Å². The second-order valence-corrected chi connectivity index (χ2v) is 6.30. The van der Waals surface area contributed by atoms with Crippen molar-refractivity contribution in [2.75, 3.05) is 6.54 Å². The van der Waals surface area contributed by atoms with E-state index in [-0.39, 0.29) is 6.04 Å². The third-order valence-corrected chi connectivity index (χ3v) is 4.62.